The molecule has 5 heteroatoms. The molecule has 5 nitrogen and oxygen atoms in total. The first-order valence-electron chi connectivity index (χ1n) is 8.69. The van der Waals surface area contributed by atoms with Crippen LogP contribution in [-0.4, -0.2) is 38.0 Å². The van der Waals surface area contributed by atoms with E-state index in [9.17, 15) is 5.11 Å². The summed E-state index contributed by atoms with van der Waals surface area (Å²) < 4.78 is 11.4. The van der Waals surface area contributed by atoms with Gasteiger partial charge in [-0.25, -0.2) is 0 Å². The number of ether oxygens (including phenoxy) is 2. The summed E-state index contributed by atoms with van der Waals surface area (Å²) in [7, 11) is 1.66. The van der Waals surface area contributed by atoms with Crippen LogP contribution in [-0.2, 0) is 13.2 Å². The first kappa shape index (κ1) is 17.7. The van der Waals surface area contributed by atoms with Crippen molar-refractivity contribution in [3.63, 3.8) is 0 Å². The number of rotatable bonds is 8. The lowest BCUT2D eigenvalue weighted by Crippen LogP contribution is -2.30. The average Bonchev–Trinajstić information content (AvgIpc) is 3.06. The lowest BCUT2D eigenvalue weighted by atomic mass is 10.1. The Morgan fingerprint density at radius 1 is 1.08 bits per heavy atom. The van der Waals surface area contributed by atoms with Gasteiger partial charge in [0.25, 0.3) is 0 Å². The number of benzene rings is 2. The van der Waals surface area contributed by atoms with Crippen LogP contribution < -0.4 is 20.1 Å². The Labute approximate surface area is 149 Å². The maximum absolute atomic E-state index is 9.82. The minimum absolute atomic E-state index is 0.254. The van der Waals surface area contributed by atoms with Crippen molar-refractivity contribution in [2.75, 3.05) is 26.7 Å². The predicted octanol–water partition coefficient (Wildman–Crippen LogP) is 1.94. The fraction of sp³-hybridized carbons (Fsp3) is 0.400. The number of hydrogen-bond acceptors (Lipinski definition) is 5. The molecule has 0 aromatic heterocycles. The molecule has 0 saturated carbocycles. The van der Waals surface area contributed by atoms with E-state index in [0.717, 1.165) is 42.3 Å². The summed E-state index contributed by atoms with van der Waals surface area (Å²) >= 11 is 0. The summed E-state index contributed by atoms with van der Waals surface area (Å²) in [6, 6.07) is 16.1. The average molecular weight is 342 g/mol. The van der Waals surface area contributed by atoms with Crippen molar-refractivity contribution in [3.05, 3.63) is 59.7 Å². The maximum Gasteiger partial charge on any atom is 0.161 e. The van der Waals surface area contributed by atoms with Crippen LogP contribution in [0.15, 0.2) is 48.5 Å². The Balaban J connectivity index is 1.53. The molecule has 1 fully saturated rings. The number of aliphatic hydroxyl groups is 1. The summed E-state index contributed by atoms with van der Waals surface area (Å²) in [5.74, 6) is 1.75. The van der Waals surface area contributed by atoms with Crippen LogP contribution in [0.1, 0.15) is 11.1 Å². The summed E-state index contributed by atoms with van der Waals surface area (Å²) in [5, 5.41) is 16.4. The fourth-order valence-electron chi connectivity index (χ4n) is 3.01. The van der Waals surface area contributed by atoms with Crippen LogP contribution in [0, 0.1) is 5.92 Å². The van der Waals surface area contributed by atoms with E-state index < -0.39 is 0 Å². The summed E-state index contributed by atoms with van der Waals surface area (Å²) in [4.78, 5) is 0. The van der Waals surface area contributed by atoms with Crippen molar-refractivity contribution in [2.45, 2.75) is 19.3 Å². The Kier molecular flexibility index (Phi) is 6.28. The molecule has 2 unspecified atom stereocenters. The molecule has 2 aromatic carbocycles. The highest BCUT2D eigenvalue weighted by Gasteiger charge is 2.24. The van der Waals surface area contributed by atoms with Crippen LogP contribution >= 0.6 is 0 Å². The third-order valence-electron chi connectivity index (χ3n) is 4.51. The molecule has 134 valence electrons. The molecule has 0 aliphatic carbocycles. The lowest BCUT2D eigenvalue weighted by molar-refractivity contribution is 0.146. The van der Waals surface area contributed by atoms with Crippen molar-refractivity contribution < 1.29 is 14.6 Å². The van der Waals surface area contributed by atoms with Crippen molar-refractivity contribution in [1.29, 1.82) is 0 Å². The second kappa shape index (κ2) is 8.85. The van der Waals surface area contributed by atoms with E-state index in [-0.39, 0.29) is 12.0 Å². The van der Waals surface area contributed by atoms with Gasteiger partial charge in [0.1, 0.15) is 6.61 Å². The molecule has 0 spiro atoms. The minimum Gasteiger partial charge on any atom is -0.493 e. The quantitative estimate of drug-likeness (QED) is 0.684. The Hall–Kier alpha value is -2.08. The number of β-amino-alcohol motifs (C(OH)–C–C–N with tert-alkyl or cyclic N) is 1. The SMILES string of the molecule is COc1cc(CNCC2CNCC2O)ccc1OCc1ccccc1. The highest BCUT2D eigenvalue weighted by Crippen LogP contribution is 2.28. The monoisotopic (exact) mass is 342 g/mol. The minimum atomic E-state index is -0.254. The molecule has 0 bridgehead atoms. The van der Waals surface area contributed by atoms with Gasteiger partial charge in [0, 0.05) is 32.1 Å². The lowest BCUT2D eigenvalue weighted by Gasteiger charge is -2.15. The van der Waals surface area contributed by atoms with Crippen molar-refractivity contribution >= 4 is 0 Å². The molecule has 1 saturated heterocycles. The normalized spacial score (nSPS) is 19.8. The maximum atomic E-state index is 9.82. The smallest absolute Gasteiger partial charge is 0.161 e. The van der Waals surface area contributed by atoms with Gasteiger partial charge in [0.05, 0.1) is 13.2 Å². The third-order valence-corrected chi connectivity index (χ3v) is 4.51. The van der Waals surface area contributed by atoms with Crippen LogP contribution in [0.4, 0.5) is 0 Å². The van der Waals surface area contributed by atoms with Crippen LogP contribution in [0.5, 0.6) is 11.5 Å². The second-order valence-electron chi connectivity index (χ2n) is 6.38. The molecule has 1 aliphatic heterocycles. The van der Waals surface area contributed by atoms with Crippen LogP contribution in [0.2, 0.25) is 0 Å². The molecule has 1 heterocycles. The molecular formula is C20H26N2O3. The number of methoxy groups -OCH3 is 1. The molecule has 2 aromatic rings. The molecule has 3 N–H and O–H groups in total. The summed E-state index contributed by atoms with van der Waals surface area (Å²) in [6.07, 6.45) is -0.254. The van der Waals surface area contributed by atoms with Crippen LogP contribution in [0.3, 0.4) is 0 Å². The second-order valence-corrected chi connectivity index (χ2v) is 6.38. The van der Waals surface area contributed by atoms with Gasteiger partial charge in [-0.2, -0.15) is 0 Å². The zero-order chi connectivity index (χ0) is 17.5. The molecule has 3 rings (SSSR count). The van der Waals surface area contributed by atoms with E-state index in [2.05, 4.69) is 10.6 Å². The molecule has 1 aliphatic rings. The Morgan fingerprint density at radius 2 is 1.92 bits per heavy atom. The van der Waals surface area contributed by atoms with Crippen molar-refractivity contribution in [1.82, 2.24) is 10.6 Å². The zero-order valence-corrected chi connectivity index (χ0v) is 14.6. The van der Waals surface area contributed by atoms with Gasteiger partial charge in [-0.15, -0.1) is 0 Å². The third kappa shape index (κ3) is 4.95. The van der Waals surface area contributed by atoms with Crippen LogP contribution in [0.25, 0.3) is 0 Å². The van der Waals surface area contributed by atoms with Gasteiger partial charge < -0.3 is 25.2 Å². The molecule has 0 radical (unpaired) electrons. The van der Waals surface area contributed by atoms with Gasteiger partial charge in [-0.05, 0) is 23.3 Å². The largest absolute Gasteiger partial charge is 0.493 e. The van der Waals surface area contributed by atoms with E-state index in [1.807, 2.05) is 48.5 Å². The fourth-order valence-corrected chi connectivity index (χ4v) is 3.01. The van der Waals surface area contributed by atoms with Gasteiger partial charge >= 0.3 is 0 Å². The highest BCUT2D eigenvalue weighted by atomic mass is 16.5. The van der Waals surface area contributed by atoms with Gasteiger partial charge in [-0.1, -0.05) is 36.4 Å². The predicted molar refractivity (Wildman–Crippen MR) is 97.8 cm³/mol. The van der Waals surface area contributed by atoms with Gasteiger partial charge in [0.15, 0.2) is 11.5 Å². The van der Waals surface area contributed by atoms with E-state index in [1.54, 1.807) is 7.11 Å². The van der Waals surface area contributed by atoms with Crippen molar-refractivity contribution in [2.24, 2.45) is 5.92 Å². The first-order valence-corrected chi connectivity index (χ1v) is 8.69. The zero-order valence-electron chi connectivity index (χ0n) is 14.6. The standard InChI is InChI=1S/C20H26N2O3/c1-24-20-9-16(10-21-11-17-12-22-13-18(17)23)7-8-19(20)25-14-15-5-3-2-4-6-15/h2-9,17-18,21-23H,10-14H2,1H3. The van der Waals surface area contributed by atoms with Gasteiger partial charge in [-0.3, -0.25) is 0 Å². The molecule has 0 amide bonds. The summed E-state index contributed by atoms with van der Waals surface area (Å²) in [5.41, 5.74) is 2.25. The summed E-state index contributed by atoms with van der Waals surface area (Å²) in [6.45, 7) is 3.60. The number of hydrogen-bond donors (Lipinski definition) is 3. The highest BCUT2D eigenvalue weighted by molar-refractivity contribution is 5.43. The van der Waals surface area contributed by atoms with E-state index in [0.29, 0.717) is 13.2 Å². The molecule has 25 heavy (non-hydrogen) atoms. The number of aliphatic hydroxyl groups excluding tert-OH is 1. The number of nitrogens with one attached hydrogen (secondary N) is 2. The topological polar surface area (TPSA) is 62.8 Å². The Morgan fingerprint density at radius 3 is 2.64 bits per heavy atom. The first-order chi connectivity index (χ1) is 12.3. The molecular weight excluding hydrogens is 316 g/mol. The van der Waals surface area contributed by atoms with E-state index in [1.165, 1.54) is 0 Å². The molecule has 2 atom stereocenters. The van der Waals surface area contributed by atoms with E-state index >= 15 is 0 Å². The Bertz CT molecular complexity index is 663. The van der Waals surface area contributed by atoms with E-state index in [4.69, 9.17) is 9.47 Å². The van der Waals surface area contributed by atoms with Crippen molar-refractivity contribution in [3.8, 4) is 11.5 Å². The van der Waals surface area contributed by atoms with Gasteiger partial charge in [0.2, 0.25) is 0 Å².